The van der Waals surface area contributed by atoms with Crippen LogP contribution in [0.15, 0.2) is 34.9 Å². The molecule has 0 bridgehead atoms. The standard InChI is InChI=1S/C29H48Si/c1-9-11-13-15-17-25-19-26(18-16-14-12-10-2)21-27(20-25)28-23(4)22(3)24(5)29(28,6)30(7)8/h19-21,30H,9-18H2,1-8H3. The predicted octanol–water partition coefficient (Wildman–Crippen LogP) is 9.30. The van der Waals surface area contributed by atoms with Gasteiger partial charge in [-0.25, -0.2) is 0 Å². The normalized spacial score (nSPS) is 19.5. The largest absolute Gasteiger partial charge is 0.0712 e. The molecule has 0 nitrogen and oxygen atoms in total. The van der Waals surface area contributed by atoms with Crippen LogP contribution in [0.2, 0.25) is 18.1 Å². The molecule has 0 N–H and O–H groups in total. The maximum atomic E-state index is 2.56. The fourth-order valence-electron chi connectivity index (χ4n) is 5.38. The van der Waals surface area contributed by atoms with Crippen LogP contribution >= 0.6 is 0 Å². The van der Waals surface area contributed by atoms with Crippen LogP contribution in [0, 0.1) is 0 Å². The van der Waals surface area contributed by atoms with Gasteiger partial charge in [-0.15, -0.1) is 0 Å². The Morgan fingerprint density at radius 1 is 0.700 bits per heavy atom. The van der Waals surface area contributed by atoms with Crippen LogP contribution in [-0.2, 0) is 12.8 Å². The lowest BCUT2D eigenvalue weighted by Crippen LogP contribution is -2.25. The van der Waals surface area contributed by atoms with Crippen molar-refractivity contribution in [1.82, 2.24) is 0 Å². The fourth-order valence-corrected chi connectivity index (χ4v) is 7.42. The van der Waals surface area contributed by atoms with Crippen molar-refractivity contribution in [2.75, 3.05) is 0 Å². The van der Waals surface area contributed by atoms with Crippen molar-refractivity contribution in [3.8, 4) is 0 Å². The maximum absolute atomic E-state index is 2.56. The van der Waals surface area contributed by atoms with Crippen LogP contribution in [0.3, 0.4) is 0 Å². The molecule has 0 heterocycles. The molecule has 0 radical (unpaired) electrons. The number of hydrogen-bond acceptors (Lipinski definition) is 0. The van der Waals surface area contributed by atoms with Crippen LogP contribution < -0.4 is 0 Å². The molecule has 1 aromatic carbocycles. The molecule has 30 heavy (non-hydrogen) atoms. The summed E-state index contributed by atoms with van der Waals surface area (Å²) >= 11 is 0. The van der Waals surface area contributed by atoms with Gasteiger partial charge in [0.2, 0.25) is 0 Å². The Hall–Kier alpha value is -1.08. The molecule has 1 aliphatic rings. The summed E-state index contributed by atoms with van der Waals surface area (Å²) in [5.41, 5.74) is 11.1. The number of allylic oxidation sites excluding steroid dienone is 4. The Kier molecular flexibility index (Phi) is 9.66. The SMILES string of the molecule is CCCCCCc1cc(CCCCCC)cc(C2=C(C)C(C)=C(C)C2(C)[SiH](C)C)c1. The first-order valence-corrected chi connectivity index (χ1v) is 15.7. The third kappa shape index (κ3) is 5.58. The molecule has 1 heteroatoms. The molecular formula is C29H48Si. The molecule has 0 amide bonds. The average Bonchev–Trinajstić information content (AvgIpc) is 2.89. The molecule has 1 unspecified atom stereocenters. The number of aryl methyl sites for hydroxylation is 2. The molecule has 0 fully saturated rings. The van der Waals surface area contributed by atoms with Gasteiger partial charge >= 0.3 is 0 Å². The lowest BCUT2D eigenvalue weighted by atomic mass is 9.87. The summed E-state index contributed by atoms with van der Waals surface area (Å²) in [7, 11) is -0.911. The van der Waals surface area contributed by atoms with Gasteiger partial charge in [0.1, 0.15) is 0 Å². The van der Waals surface area contributed by atoms with Crippen LogP contribution in [0.5, 0.6) is 0 Å². The second-order valence-electron chi connectivity index (χ2n) is 10.3. The summed E-state index contributed by atoms with van der Waals surface area (Å²) < 4.78 is 0. The van der Waals surface area contributed by atoms with E-state index in [0.29, 0.717) is 0 Å². The second kappa shape index (κ2) is 11.5. The van der Waals surface area contributed by atoms with E-state index in [4.69, 9.17) is 0 Å². The highest BCUT2D eigenvalue weighted by atomic mass is 28.3. The molecule has 0 aliphatic heterocycles. The highest BCUT2D eigenvalue weighted by Gasteiger charge is 2.42. The number of unbranched alkanes of at least 4 members (excludes halogenated alkanes) is 6. The zero-order valence-corrected chi connectivity index (χ0v) is 22.5. The van der Waals surface area contributed by atoms with Crippen LogP contribution in [0.4, 0.5) is 0 Å². The fraction of sp³-hybridized carbons (Fsp3) is 0.655. The van der Waals surface area contributed by atoms with E-state index in [-0.39, 0.29) is 5.04 Å². The lowest BCUT2D eigenvalue weighted by molar-refractivity contribution is 0.661. The summed E-state index contributed by atoms with van der Waals surface area (Å²) in [5, 5.41) is 0.286. The Balaban J connectivity index is 2.41. The first-order valence-electron chi connectivity index (χ1n) is 12.8. The second-order valence-corrected chi connectivity index (χ2v) is 13.7. The summed E-state index contributed by atoms with van der Waals surface area (Å²) in [5.74, 6) is 0. The van der Waals surface area contributed by atoms with Crippen LogP contribution in [-0.4, -0.2) is 8.80 Å². The topological polar surface area (TPSA) is 0 Å². The Bertz CT molecular complexity index is 734. The van der Waals surface area contributed by atoms with E-state index in [2.05, 4.69) is 72.8 Å². The number of benzene rings is 1. The minimum atomic E-state index is -0.911. The van der Waals surface area contributed by atoms with Gasteiger partial charge in [-0.05, 0) is 79.9 Å². The van der Waals surface area contributed by atoms with Gasteiger partial charge in [-0.3, -0.25) is 0 Å². The van der Waals surface area contributed by atoms with Gasteiger partial charge in [0.15, 0.2) is 0 Å². The average molecular weight is 425 g/mol. The monoisotopic (exact) mass is 424 g/mol. The summed E-state index contributed by atoms with van der Waals surface area (Å²) in [6.07, 6.45) is 13.2. The van der Waals surface area contributed by atoms with E-state index >= 15 is 0 Å². The molecule has 2 rings (SSSR count). The minimum Gasteiger partial charge on any atom is -0.0712 e. The summed E-state index contributed by atoms with van der Waals surface area (Å²) in [6.45, 7) is 19.4. The highest BCUT2D eigenvalue weighted by Crippen LogP contribution is 2.58. The molecular weight excluding hydrogens is 376 g/mol. The zero-order valence-electron chi connectivity index (χ0n) is 21.4. The Morgan fingerprint density at radius 2 is 1.20 bits per heavy atom. The van der Waals surface area contributed by atoms with Gasteiger partial charge in [-0.2, -0.15) is 0 Å². The van der Waals surface area contributed by atoms with Gasteiger partial charge in [0, 0.05) is 13.8 Å². The predicted molar refractivity (Wildman–Crippen MR) is 140 cm³/mol. The van der Waals surface area contributed by atoms with E-state index in [1.165, 1.54) is 69.8 Å². The number of hydrogen-bond donors (Lipinski definition) is 0. The van der Waals surface area contributed by atoms with E-state index in [1.54, 1.807) is 33.4 Å². The summed E-state index contributed by atoms with van der Waals surface area (Å²) in [4.78, 5) is 0. The quantitative estimate of drug-likeness (QED) is 0.231. The lowest BCUT2D eigenvalue weighted by Gasteiger charge is -2.35. The van der Waals surface area contributed by atoms with Gasteiger partial charge < -0.3 is 0 Å². The zero-order chi connectivity index (χ0) is 22.3. The van der Waals surface area contributed by atoms with Crippen LogP contribution in [0.25, 0.3) is 5.57 Å². The van der Waals surface area contributed by atoms with Crippen molar-refractivity contribution in [3.05, 3.63) is 51.6 Å². The van der Waals surface area contributed by atoms with Crippen molar-refractivity contribution in [2.24, 2.45) is 0 Å². The van der Waals surface area contributed by atoms with Crippen LogP contribution in [0.1, 0.15) is 110 Å². The van der Waals surface area contributed by atoms with E-state index in [1.807, 2.05) is 0 Å². The van der Waals surface area contributed by atoms with Crippen molar-refractivity contribution >= 4 is 14.4 Å². The molecule has 1 aromatic rings. The highest BCUT2D eigenvalue weighted by molar-refractivity contribution is 6.63. The van der Waals surface area contributed by atoms with Gasteiger partial charge in [0.05, 0.1) is 0 Å². The van der Waals surface area contributed by atoms with Crippen molar-refractivity contribution in [1.29, 1.82) is 0 Å². The third-order valence-electron chi connectivity index (χ3n) is 7.93. The van der Waals surface area contributed by atoms with Crippen molar-refractivity contribution in [2.45, 2.75) is 124 Å². The first kappa shape index (κ1) is 25.2. The van der Waals surface area contributed by atoms with Crippen molar-refractivity contribution in [3.63, 3.8) is 0 Å². The smallest absolute Gasteiger partial charge is 0.0475 e. The van der Waals surface area contributed by atoms with Gasteiger partial charge in [-0.1, -0.05) is 96.2 Å². The number of rotatable bonds is 12. The van der Waals surface area contributed by atoms with E-state index in [0.717, 1.165) is 0 Å². The Labute approximate surface area is 189 Å². The summed E-state index contributed by atoms with van der Waals surface area (Å²) in [6, 6.07) is 7.64. The minimum absolute atomic E-state index is 0.286. The van der Waals surface area contributed by atoms with Gasteiger partial charge in [0.25, 0.3) is 0 Å². The van der Waals surface area contributed by atoms with E-state index in [9.17, 15) is 0 Å². The maximum Gasteiger partial charge on any atom is 0.0475 e. The van der Waals surface area contributed by atoms with Crippen molar-refractivity contribution < 1.29 is 0 Å². The molecule has 0 aromatic heterocycles. The third-order valence-corrected chi connectivity index (χ3v) is 11.0. The molecule has 1 atom stereocenters. The molecule has 0 saturated heterocycles. The molecule has 168 valence electrons. The molecule has 0 saturated carbocycles. The van der Waals surface area contributed by atoms with E-state index < -0.39 is 8.80 Å². The first-order chi connectivity index (χ1) is 14.3. The molecule has 1 aliphatic carbocycles. The molecule has 0 spiro atoms. The Morgan fingerprint density at radius 3 is 1.63 bits per heavy atom.